The molecule has 2 aromatic rings. The Balaban J connectivity index is 1.82. The predicted octanol–water partition coefficient (Wildman–Crippen LogP) is 3.94. The quantitative estimate of drug-likeness (QED) is 0.833. The fourth-order valence-corrected chi connectivity index (χ4v) is 3.74. The fourth-order valence-electron chi connectivity index (χ4n) is 3.41. The van der Waals surface area contributed by atoms with E-state index < -0.39 is 6.10 Å². The highest BCUT2D eigenvalue weighted by atomic mass is 32.2. The van der Waals surface area contributed by atoms with Crippen molar-refractivity contribution in [1.29, 1.82) is 0 Å². The van der Waals surface area contributed by atoms with Crippen LogP contribution in [0.2, 0.25) is 0 Å². The number of piperidine rings is 1. The summed E-state index contributed by atoms with van der Waals surface area (Å²) in [5, 5.41) is 9.62. The molecule has 1 aromatic carbocycles. The molecule has 3 rings (SSSR count). The number of aliphatic hydroxyl groups is 1. The number of amides is 1. The number of hydrogen-bond acceptors (Lipinski definition) is 4. The van der Waals surface area contributed by atoms with Gasteiger partial charge in [0, 0.05) is 6.54 Å². The molecule has 2 heterocycles. The summed E-state index contributed by atoms with van der Waals surface area (Å²) in [6.45, 7) is 4.52. The second-order valence-corrected chi connectivity index (χ2v) is 8.08. The lowest BCUT2D eigenvalue weighted by atomic mass is 10.0. The van der Waals surface area contributed by atoms with Gasteiger partial charge in [0.2, 0.25) is 5.91 Å². The van der Waals surface area contributed by atoms with Crippen LogP contribution in [0.1, 0.15) is 56.6 Å². The Bertz CT molecular complexity index is 742. The Morgan fingerprint density at radius 3 is 2.69 bits per heavy atom. The molecule has 1 aliphatic rings. The molecule has 3 atom stereocenters. The van der Waals surface area contributed by atoms with Crippen molar-refractivity contribution >= 4 is 17.7 Å². The number of hydrogen-bond donors (Lipinski definition) is 2. The largest absolute Gasteiger partial charge is 0.389 e. The molecule has 0 spiro atoms. The standard InChI is InChI=1S/C20H27N3O2S/c1-13(24)15-7-9-16(10-8-15)17-12-21-19(22-17)18-6-4-5-11-23(18)20(25)14(2)26-3/h7-10,12-14,18,24H,4-6,11H2,1-3H3,(H,21,22). The zero-order valence-electron chi connectivity index (χ0n) is 15.6. The SMILES string of the molecule is CSC(C)C(=O)N1CCCCC1c1ncc(-c2ccc(C(C)O)cc2)[nH]1. The van der Waals surface area contributed by atoms with Crippen LogP contribution in [0.4, 0.5) is 0 Å². The van der Waals surface area contributed by atoms with Crippen LogP contribution >= 0.6 is 11.8 Å². The monoisotopic (exact) mass is 373 g/mol. The average Bonchev–Trinajstić information content (AvgIpc) is 3.17. The third kappa shape index (κ3) is 3.96. The number of likely N-dealkylation sites (tertiary alicyclic amines) is 1. The van der Waals surface area contributed by atoms with Gasteiger partial charge in [0.05, 0.1) is 29.3 Å². The molecule has 1 saturated heterocycles. The Hall–Kier alpha value is -1.79. The van der Waals surface area contributed by atoms with E-state index in [4.69, 9.17) is 0 Å². The van der Waals surface area contributed by atoms with Crippen molar-refractivity contribution in [3.63, 3.8) is 0 Å². The second-order valence-electron chi connectivity index (χ2n) is 6.90. The first-order chi connectivity index (χ1) is 12.5. The number of aromatic amines is 1. The first kappa shape index (κ1) is 19.0. The van der Waals surface area contributed by atoms with Crippen LogP contribution < -0.4 is 0 Å². The molecule has 6 heteroatoms. The van der Waals surface area contributed by atoms with E-state index in [1.54, 1.807) is 18.7 Å². The lowest BCUT2D eigenvalue weighted by molar-refractivity contribution is -0.134. The van der Waals surface area contributed by atoms with Crippen LogP contribution in [0.5, 0.6) is 0 Å². The van der Waals surface area contributed by atoms with E-state index in [0.717, 1.165) is 48.5 Å². The molecule has 26 heavy (non-hydrogen) atoms. The van der Waals surface area contributed by atoms with E-state index in [2.05, 4.69) is 9.97 Å². The van der Waals surface area contributed by atoms with Gasteiger partial charge in [0.15, 0.2) is 0 Å². The van der Waals surface area contributed by atoms with E-state index in [0.29, 0.717) is 0 Å². The normalized spacial score (nSPS) is 20.0. The van der Waals surface area contributed by atoms with Gasteiger partial charge < -0.3 is 15.0 Å². The number of aromatic nitrogens is 2. The molecule has 2 N–H and O–H groups in total. The number of benzene rings is 1. The second kappa shape index (κ2) is 8.27. The van der Waals surface area contributed by atoms with Gasteiger partial charge in [-0.1, -0.05) is 24.3 Å². The number of thioether (sulfide) groups is 1. The van der Waals surface area contributed by atoms with Gasteiger partial charge in [-0.15, -0.1) is 0 Å². The molecule has 1 aromatic heterocycles. The molecule has 0 radical (unpaired) electrons. The first-order valence-electron chi connectivity index (χ1n) is 9.18. The maximum Gasteiger partial charge on any atom is 0.236 e. The van der Waals surface area contributed by atoms with Crippen molar-refractivity contribution in [2.24, 2.45) is 0 Å². The zero-order chi connectivity index (χ0) is 18.7. The summed E-state index contributed by atoms with van der Waals surface area (Å²) in [6, 6.07) is 7.85. The third-order valence-corrected chi connectivity index (χ3v) is 6.01. The van der Waals surface area contributed by atoms with Gasteiger partial charge in [-0.2, -0.15) is 11.8 Å². The lowest BCUT2D eigenvalue weighted by Gasteiger charge is -2.36. The van der Waals surface area contributed by atoms with Crippen molar-refractivity contribution < 1.29 is 9.90 Å². The van der Waals surface area contributed by atoms with Gasteiger partial charge in [-0.05, 0) is 50.5 Å². The summed E-state index contributed by atoms with van der Waals surface area (Å²) >= 11 is 1.59. The molecular weight excluding hydrogens is 346 g/mol. The summed E-state index contributed by atoms with van der Waals surface area (Å²) < 4.78 is 0. The van der Waals surface area contributed by atoms with Gasteiger partial charge in [-0.25, -0.2) is 4.98 Å². The van der Waals surface area contributed by atoms with Gasteiger partial charge in [0.1, 0.15) is 5.82 Å². The minimum atomic E-state index is -0.471. The van der Waals surface area contributed by atoms with E-state index in [9.17, 15) is 9.90 Å². The molecule has 1 aliphatic heterocycles. The minimum Gasteiger partial charge on any atom is -0.389 e. The minimum absolute atomic E-state index is 0.0244. The van der Waals surface area contributed by atoms with Gasteiger partial charge in [0.25, 0.3) is 0 Å². The maximum atomic E-state index is 12.7. The number of aliphatic hydroxyl groups excluding tert-OH is 1. The van der Waals surface area contributed by atoms with Gasteiger partial charge in [-0.3, -0.25) is 4.79 Å². The highest BCUT2D eigenvalue weighted by molar-refractivity contribution is 7.99. The Kier molecular flexibility index (Phi) is 6.04. The summed E-state index contributed by atoms with van der Waals surface area (Å²) in [5.74, 6) is 1.06. The van der Waals surface area contributed by atoms with Crippen molar-refractivity contribution in [2.45, 2.75) is 50.5 Å². The molecule has 0 bridgehead atoms. The topological polar surface area (TPSA) is 69.2 Å². The molecule has 0 aliphatic carbocycles. The number of nitrogens with zero attached hydrogens (tertiary/aromatic N) is 2. The summed E-state index contributed by atoms with van der Waals surface area (Å²) in [5.41, 5.74) is 2.86. The number of rotatable bonds is 5. The Morgan fingerprint density at radius 2 is 2.04 bits per heavy atom. The third-order valence-electron chi connectivity index (χ3n) is 5.10. The molecule has 0 saturated carbocycles. The van der Waals surface area contributed by atoms with E-state index in [1.165, 1.54) is 0 Å². The molecule has 1 amide bonds. The number of carbonyl (C=O) groups is 1. The van der Waals surface area contributed by atoms with Crippen LogP contribution in [0.3, 0.4) is 0 Å². The smallest absolute Gasteiger partial charge is 0.236 e. The fraction of sp³-hybridized carbons (Fsp3) is 0.500. The summed E-state index contributed by atoms with van der Waals surface area (Å²) in [4.78, 5) is 22.7. The predicted molar refractivity (Wildman–Crippen MR) is 106 cm³/mol. The van der Waals surface area contributed by atoms with Crippen LogP contribution in [-0.4, -0.2) is 43.9 Å². The Morgan fingerprint density at radius 1 is 1.31 bits per heavy atom. The molecule has 1 fully saturated rings. The maximum absolute atomic E-state index is 12.7. The molecule has 5 nitrogen and oxygen atoms in total. The summed E-state index contributed by atoms with van der Waals surface area (Å²) in [7, 11) is 0. The molecule has 140 valence electrons. The number of imidazole rings is 1. The van der Waals surface area contributed by atoms with Crippen LogP contribution in [-0.2, 0) is 4.79 Å². The van der Waals surface area contributed by atoms with Gasteiger partial charge >= 0.3 is 0 Å². The number of carbonyl (C=O) groups excluding carboxylic acids is 1. The average molecular weight is 374 g/mol. The number of H-pyrrole nitrogens is 1. The lowest BCUT2D eigenvalue weighted by Crippen LogP contribution is -2.42. The van der Waals surface area contributed by atoms with E-state index >= 15 is 0 Å². The highest BCUT2D eigenvalue weighted by Gasteiger charge is 2.32. The van der Waals surface area contributed by atoms with Crippen molar-refractivity contribution in [3.8, 4) is 11.3 Å². The zero-order valence-corrected chi connectivity index (χ0v) is 16.4. The molecular formula is C20H27N3O2S. The number of nitrogens with one attached hydrogen (secondary N) is 1. The highest BCUT2D eigenvalue weighted by Crippen LogP contribution is 2.32. The van der Waals surface area contributed by atoms with Crippen molar-refractivity contribution in [2.75, 3.05) is 12.8 Å². The van der Waals surface area contributed by atoms with Crippen LogP contribution in [0.15, 0.2) is 30.5 Å². The van der Waals surface area contributed by atoms with Crippen LogP contribution in [0, 0.1) is 0 Å². The van der Waals surface area contributed by atoms with E-state index in [-0.39, 0.29) is 17.2 Å². The van der Waals surface area contributed by atoms with Crippen LogP contribution in [0.25, 0.3) is 11.3 Å². The van der Waals surface area contributed by atoms with Crippen molar-refractivity contribution in [3.05, 3.63) is 41.9 Å². The Labute approximate surface area is 159 Å². The summed E-state index contributed by atoms with van der Waals surface area (Å²) in [6.07, 6.45) is 6.45. The first-order valence-corrected chi connectivity index (χ1v) is 10.5. The molecule has 3 unspecified atom stereocenters. The van der Waals surface area contributed by atoms with E-state index in [1.807, 2.05) is 48.5 Å². The van der Waals surface area contributed by atoms with Crippen molar-refractivity contribution in [1.82, 2.24) is 14.9 Å².